The van der Waals surface area contributed by atoms with Crippen LogP contribution in [0.5, 0.6) is 0 Å². The zero-order valence-corrected chi connectivity index (χ0v) is 8.03. The van der Waals surface area contributed by atoms with Gasteiger partial charge in [-0.1, -0.05) is 0 Å². The number of hydrogen-bond acceptors (Lipinski definition) is 3. The summed E-state index contributed by atoms with van der Waals surface area (Å²) in [6.45, 7) is 1.44. The molecule has 6 heteroatoms. The van der Waals surface area contributed by atoms with Crippen LogP contribution in [0.25, 0.3) is 0 Å². The van der Waals surface area contributed by atoms with Crippen LogP contribution in [0, 0.1) is 0 Å². The minimum absolute atomic E-state index is 0.0172. The predicted molar refractivity (Wildman–Crippen MR) is 49.7 cm³/mol. The molecule has 0 aromatic carbocycles. The van der Waals surface area contributed by atoms with Gasteiger partial charge in [0.05, 0.1) is 12.5 Å². The van der Waals surface area contributed by atoms with Crippen molar-refractivity contribution in [2.75, 3.05) is 0 Å². The van der Waals surface area contributed by atoms with Crippen molar-refractivity contribution in [1.29, 1.82) is 0 Å². The van der Waals surface area contributed by atoms with Crippen molar-refractivity contribution >= 4 is 19.4 Å². The summed E-state index contributed by atoms with van der Waals surface area (Å²) in [5.41, 5.74) is 0. The number of carbonyl (C=O) groups is 2. The maximum Gasteiger partial charge on any atom is 0.317 e. The van der Waals surface area contributed by atoms with Gasteiger partial charge in [-0.25, -0.2) is 0 Å². The number of hydrogen-bond donors (Lipinski definition) is 2. The fourth-order valence-electron chi connectivity index (χ4n) is 1.42. The molecule has 1 aliphatic heterocycles. The first kappa shape index (κ1) is 11.0. The van der Waals surface area contributed by atoms with E-state index in [1.54, 1.807) is 0 Å². The van der Waals surface area contributed by atoms with Gasteiger partial charge in [-0.05, 0) is 12.8 Å². The van der Waals surface area contributed by atoms with Crippen LogP contribution in [-0.2, 0) is 14.2 Å². The molecule has 0 aliphatic carbocycles. The molecule has 0 spiro atoms. The minimum atomic E-state index is -0.860. The summed E-state index contributed by atoms with van der Waals surface area (Å²) < 4.78 is 5.18. The lowest BCUT2D eigenvalue weighted by atomic mass is 9.79. The molecule has 77 valence electrons. The Kier molecular flexibility index (Phi) is 3.94. The minimum Gasteiger partial charge on any atom is -0.481 e. The largest absolute Gasteiger partial charge is 0.481 e. The number of nitrogens with one attached hydrogen (secondary N) is 1. The van der Waals surface area contributed by atoms with Crippen LogP contribution < -0.4 is 5.32 Å². The van der Waals surface area contributed by atoms with Crippen molar-refractivity contribution in [3.8, 4) is 0 Å². The Bertz CT molecular complexity index is 201. The normalized spacial score (nSPS) is 26.4. The molecule has 0 saturated carbocycles. The summed E-state index contributed by atoms with van der Waals surface area (Å²) in [5.74, 6) is -1.05. The number of aliphatic carboxylic acids is 1. The molecule has 2 unspecified atom stereocenters. The molecule has 1 aliphatic rings. The molecule has 14 heavy (non-hydrogen) atoms. The molecule has 1 saturated heterocycles. The van der Waals surface area contributed by atoms with Crippen LogP contribution in [0.1, 0.15) is 26.2 Å². The highest BCUT2D eigenvalue weighted by Gasteiger charge is 2.25. The van der Waals surface area contributed by atoms with E-state index in [-0.39, 0.29) is 24.4 Å². The third-order valence-corrected chi connectivity index (χ3v) is 2.03. The predicted octanol–water partition coefficient (Wildman–Crippen LogP) is -0.278. The molecule has 2 N–H and O–H groups in total. The number of carboxylic acids is 1. The second-order valence-corrected chi connectivity index (χ2v) is 3.38. The zero-order chi connectivity index (χ0) is 10.6. The zero-order valence-electron chi connectivity index (χ0n) is 8.03. The Morgan fingerprint density at radius 3 is 2.71 bits per heavy atom. The Balaban J connectivity index is 2.24. The number of rotatable bonds is 3. The Morgan fingerprint density at radius 2 is 2.29 bits per heavy atom. The van der Waals surface area contributed by atoms with Gasteiger partial charge in [0.25, 0.3) is 0 Å². The second kappa shape index (κ2) is 5.00. The highest BCUT2D eigenvalue weighted by molar-refractivity contribution is 6.30. The van der Waals surface area contributed by atoms with E-state index in [1.165, 1.54) is 14.4 Å². The highest BCUT2D eigenvalue weighted by atomic mass is 16.4. The van der Waals surface area contributed by atoms with Gasteiger partial charge in [0.2, 0.25) is 5.91 Å². The Morgan fingerprint density at radius 1 is 1.57 bits per heavy atom. The van der Waals surface area contributed by atoms with Gasteiger partial charge in [-0.2, -0.15) is 0 Å². The lowest BCUT2D eigenvalue weighted by Crippen LogP contribution is -2.44. The Labute approximate surface area is 83.1 Å². The van der Waals surface area contributed by atoms with Crippen molar-refractivity contribution in [3.63, 3.8) is 0 Å². The summed E-state index contributed by atoms with van der Waals surface area (Å²) in [4.78, 5) is 21.1. The van der Waals surface area contributed by atoms with Gasteiger partial charge >= 0.3 is 13.5 Å². The summed E-state index contributed by atoms with van der Waals surface area (Å²) >= 11 is 0. The van der Waals surface area contributed by atoms with E-state index in [0.29, 0.717) is 6.42 Å². The summed E-state index contributed by atoms with van der Waals surface area (Å²) in [5, 5.41) is 11.2. The highest BCUT2D eigenvalue weighted by Crippen LogP contribution is 2.14. The van der Waals surface area contributed by atoms with Crippen molar-refractivity contribution in [2.45, 2.75) is 38.2 Å². The average Bonchev–Trinajstić information content (AvgIpc) is 2.06. The van der Waals surface area contributed by atoms with Crippen LogP contribution in [0.15, 0.2) is 0 Å². The number of carbonyl (C=O) groups excluding carboxylic acids is 1. The lowest BCUT2D eigenvalue weighted by molar-refractivity contribution is -0.139. The second-order valence-electron chi connectivity index (χ2n) is 3.38. The standard InChI is InChI=1S/C8H13BNO4/c1-5(11)10-7-3-2-6(14-9-7)4-8(12)13/h6-7H,2-4H2,1H3,(H,10,11)(H,12,13). The topological polar surface area (TPSA) is 75.6 Å². The van der Waals surface area contributed by atoms with Gasteiger partial charge in [0.1, 0.15) is 0 Å². The quantitative estimate of drug-likeness (QED) is 0.611. The average molecular weight is 198 g/mol. The third kappa shape index (κ3) is 3.78. The van der Waals surface area contributed by atoms with Crippen molar-refractivity contribution in [1.82, 2.24) is 5.32 Å². The molecule has 1 rings (SSSR count). The van der Waals surface area contributed by atoms with E-state index in [9.17, 15) is 9.59 Å². The van der Waals surface area contributed by atoms with Crippen LogP contribution in [0.3, 0.4) is 0 Å². The smallest absolute Gasteiger partial charge is 0.317 e. The van der Waals surface area contributed by atoms with Crippen LogP contribution in [-0.4, -0.2) is 36.5 Å². The molecule has 0 aromatic rings. The SMILES string of the molecule is CC(=O)NC1[B]OC(CC(=O)O)CC1. The van der Waals surface area contributed by atoms with Crippen molar-refractivity contribution in [3.05, 3.63) is 0 Å². The first-order valence-corrected chi connectivity index (χ1v) is 4.55. The molecule has 1 fully saturated rings. The van der Waals surface area contributed by atoms with Gasteiger partial charge < -0.3 is 15.1 Å². The summed E-state index contributed by atoms with van der Waals surface area (Å²) in [7, 11) is 1.51. The van der Waals surface area contributed by atoms with E-state index >= 15 is 0 Å². The fraction of sp³-hybridized carbons (Fsp3) is 0.750. The van der Waals surface area contributed by atoms with Crippen LogP contribution in [0.4, 0.5) is 0 Å². The molecule has 1 heterocycles. The Hall–Kier alpha value is -1.04. The number of amides is 1. The molecule has 0 bridgehead atoms. The van der Waals surface area contributed by atoms with E-state index in [2.05, 4.69) is 5.32 Å². The van der Waals surface area contributed by atoms with E-state index < -0.39 is 5.97 Å². The monoisotopic (exact) mass is 198 g/mol. The molecule has 2 atom stereocenters. The van der Waals surface area contributed by atoms with Gasteiger partial charge in [0.15, 0.2) is 0 Å². The van der Waals surface area contributed by atoms with E-state index in [4.69, 9.17) is 9.76 Å². The first-order valence-electron chi connectivity index (χ1n) is 4.55. The molecule has 5 nitrogen and oxygen atoms in total. The summed E-state index contributed by atoms with van der Waals surface area (Å²) in [6, 6.07) is 0. The van der Waals surface area contributed by atoms with E-state index in [0.717, 1.165) is 6.42 Å². The molecule has 1 radical (unpaired) electrons. The lowest BCUT2D eigenvalue weighted by Gasteiger charge is -2.27. The van der Waals surface area contributed by atoms with Crippen molar-refractivity contribution in [2.24, 2.45) is 0 Å². The maximum absolute atomic E-state index is 10.7. The molecular weight excluding hydrogens is 185 g/mol. The first-order chi connectivity index (χ1) is 6.58. The molecule has 0 aromatic heterocycles. The van der Waals surface area contributed by atoms with Crippen molar-refractivity contribution < 1.29 is 19.3 Å². The van der Waals surface area contributed by atoms with Gasteiger partial charge in [-0.15, -0.1) is 0 Å². The van der Waals surface area contributed by atoms with Gasteiger partial charge in [0, 0.05) is 12.9 Å². The van der Waals surface area contributed by atoms with Crippen LogP contribution >= 0.6 is 0 Å². The molecule has 1 amide bonds. The maximum atomic E-state index is 10.7. The summed E-state index contributed by atoms with van der Waals surface area (Å²) in [6.07, 6.45) is 1.16. The van der Waals surface area contributed by atoms with E-state index in [1.807, 2.05) is 0 Å². The fourth-order valence-corrected chi connectivity index (χ4v) is 1.42. The third-order valence-electron chi connectivity index (χ3n) is 2.03. The van der Waals surface area contributed by atoms with Gasteiger partial charge in [-0.3, -0.25) is 9.59 Å². The number of carboxylic acid groups (broad SMARTS) is 1. The molecular formula is C8H13BNO4. The van der Waals surface area contributed by atoms with Crippen LogP contribution in [0.2, 0.25) is 0 Å².